The maximum atomic E-state index is 12.2. The molecule has 0 aliphatic carbocycles. The van der Waals surface area contributed by atoms with E-state index in [1.54, 1.807) is 12.1 Å². The number of carbonyl (C=O) groups excluding carboxylic acids is 1. The molecule has 0 radical (unpaired) electrons. The van der Waals surface area contributed by atoms with Gasteiger partial charge in [0.25, 0.3) is 5.91 Å². The van der Waals surface area contributed by atoms with Crippen LogP contribution in [0.1, 0.15) is 28.9 Å². The Hall–Kier alpha value is -3.35. The van der Waals surface area contributed by atoms with Crippen LogP contribution in [-0.4, -0.2) is 25.8 Å². The number of hydrogen-bond donors (Lipinski definition) is 2. The number of nitrogens with one attached hydrogen (secondary N) is 2. The van der Waals surface area contributed by atoms with E-state index in [1.807, 2.05) is 44.2 Å². The predicted octanol–water partition coefficient (Wildman–Crippen LogP) is 3.13. The summed E-state index contributed by atoms with van der Waals surface area (Å²) in [5.74, 6) is 2.15. The summed E-state index contributed by atoms with van der Waals surface area (Å²) in [6.07, 6.45) is 2.24. The van der Waals surface area contributed by atoms with Gasteiger partial charge in [0.15, 0.2) is 0 Å². The highest BCUT2D eigenvalue weighted by atomic mass is 16.1. The molecular weight excluding hydrogens is 316 g/mol. The van der Waals surface area contributed by atoms with E-state index in [0.717, 1.165) is 12.1 Å². The molecule has 2 aromatic heterocycles. The highest BCUT2D eigenvalue weighted by Gasteiger charge is 2.08. The first-order valence-electron chi connectivity index (χ1n) is 7.95. The van der Waals surface area contributed by atoms with Crippen LogP contribution in [0.15, 0.2) is 48.7 Å². The van der Waals surface area contributed by atoms with E-state index in [4.69, 9.17) is 0 Å². The van der Waals surface area contributed by atoms with Crippen LogP contribution in [0.5, 0.6) is 0 Å². The van der Waals surface area contributed by atoms with Crippen LogP contribution in [-0.2, 0) is 6.42 Å². The first kappa shape index (κ1) is 16.5. The number of carbonyl (C=O) groups is 1. The van der Waals surface area contributed by atoms with Gasteiger partial charge in [-0.15, -0.1) is 0 Å². The first-order chi connectivity index (χ1) is 12.1. The van der Waals surface area contributed by atoms with Gasteiger partial charge >= 0.3 is 0 Å². The van der Waals surface area contributed by atoms with E-state index in [9.17, 15) is 4.79 Å². The van der Waals surface area contributed by atoms with Crippen LogP contribution in [0, 0.1) is 6.92 Å². The zero-order chi connectivity index (χ0) is 17.6. The summed E-state index contributed by atoms with van der Waals surface area (Å²) in [5, 5.41) is 5.85. The van der Waals surface area contributed by atoms with E-state index in [-0.39, 0.29) is 5.91 Å². The third kappa shape index (κ3) is 4.35. The van der Waals surface area contributed by atoms with E-state index in [1.165, 1.54) is 6.20 Å². The average Bonchev–Trinajstić information content (AvgIpc) is 2.62. The minimum Gasteiger partial charge on any atom is -0.322 e. The number of nitrogens with zero attached hydrogens (tertiary/aromatic N) is 4. The number of hydrogen-bond acceptors (Lipinski definition) is 6. The molecule has 0 saturated carbocycles. The minimum atomic E-state index is -0.213. The molecule has 126 valence electrons. The van der Waals surface area contributed by atoms with Gasteiger partial charge in [-0.2, -0.15) is 9.97 Å². The van der Waals surface area contributed by atoms with Gasteiger partial charge in [0.05, 0.1) is 5.56 Å². The van der Waals surface area contributed by atoms with Gasteiger partial charge in [-0.05, 0) is 31.2 Å². The highest BCUT2D eigenvalue weighted by molar-refractivity contribution is 6.04. The summed E-state index contributed by atoms with van der Waals surface area (Å²) in [5.41, 5.74) is 1.21. The second kappa shape index (κ2) is 7.48. The summed E-state index contributed by atoms with van der Waals surface area (Å²) in [4.78, 5) is 29.2. The molecule has 1 amide bonds. The van der Waals surface area contributed by atoms with Crippen LogP contribution < -0.4 is 10.6 Å². The summed E-state index contributed by atoms with van der Waals surface area (Å²) in [6, 6.07) is 12.7. The normalized spacial score (nSPS) is 10.3. The molecule has 0 fully saturated rings. The largest absolute Gasteiger partial charge is 0.322 e. The third-order valence-corrected chi connectivity index (χ3v) is 3.41. The van der Waals surface area contributed by atoms with E-state index >= 15 is 0 Å². The number of benzene rings is 1. The van der Waals surface area contributed by atoms with Gasteiger partial charge in [-0.3, -0.25) is 4.79 Å². The van der Waals surface area contributed by atoms with Crippen molar-refractivity contribution < 1.29 is 4.79 Å². The molecule has 0 bridgehead atoms. The minimum absolute atomic E-state index is 0.213. The summed E-state index contributed by atoms with van der Waals surface area (Å²) in [6.45, 7) is 3.80. The zero-order valence-corrected chi connectivity index (χ0v) is 14.0. The van der Waals surface area contributed by atoms with Gasteiger partial charge in [-0.1, -0.05) is 25.1 Å². The monoisotopic (exact) mass is 334 g/mol. The maximum Gasteiger partial charge on any atom is 0.257 e. The number of para-hydroxylation sites is 1. The Morgan fingerprint density at radius 2 is 1.84 bits per heavy atom. The molecular formula is C18H18N6O. The predicted molar refractivity (Wildman–Crippen MR) is 95.9 cm³/mol. The van der Waals surface area contributed by atoms with Gasteiger partial charge in [0.1, 0.15) is 17.5 Å². The molecule has 0 aliphatic rings. The smallest absolute Gasteiger partial charge is 0.257 e. The Kier molecular flexibility index (Phi) is 4.94. The van der Waals surface area contributed by atoms with Gasteiger partial charge < -0.3 is 10.6 Å². The van der Waals surface area contributed by atoms with Crippen molar-refractivity contribution in [1.82, 2.24) is 19.9 Å². The Morgan fingerprint density at radius 1 is 1.04 bits per heavy atom. The first-order valence-corrected chi connectivity index (χ1v) is 7.95. The Balaban J connectivity index is 1.70. The van der Waals surface area contributed by atoms with Crippen molar-refractivity contribution in [1.29, 1.82) is 0 Å². The fraction of sp³-hybridized carbons (Fsp3) is 0.167. The molecule has 3 rings (SSSR count). The second-order valence-electron chi connectivity index (χ2n) is 5.35. The molecule has 7 heteroatoms. The van der Waals surface area contributed by atoms with Crippen LogP contribution >= 0.6 is 0 Å². The maximum absolute atomic E-state index is 12.2. The molecule has 2 N–H and O–H groups in total. The van der Waals surface area contributed by atoms with E-state index in [0.29, 0.717) is 29.0 Å². The number of aromatic nitrogens is 4. The summed E-state index contributed by atoms with van der Waals surface area (Å²) >= 11 is 0. The third-order valence-electron chi connectivity index (χ3n) is 3.41. The van der Waals surface area contributed by atoms with Crippen molar-refractivity contribution in [3.63, 3.8) is 0 Å². The molecule has 0 spiro atoms. The van der Waals surface area contributed by atoms with Gasteiger partial charge in [-0.25, -0.2) is 9.97 Å². The number of aryl methyl sites for hydroxylation is 2. The average molecular weight is 334 g/mol. The van der Waals surface area contributed by atoms with Crippen molar-refractivity contribution in [3.05, 3.63) is 65.9 Å². The Bertz CT molecular complexity index is 864. The quantitative estimate of drug-likeness (QED) is 0.744. The zero-order valence-electron chi connectivity index (χ0n) is 14.0. The number of amides is 1. The van der Waals surface area contributed by atoms with Crippen molar-refractivity contribution in [2.24, 2.45) is 0 Å². The lowest BCUT2D eigenvalue weighted by Gasteiger charge is -2.07. The van der Waals surface area contributed by atoms with Crippen molar-refractivity contribution in [3.8, 4) is 0 Å². The van der Waals surface area contributed by atoms with Crippen molar-refractivity contribution in [2.45, 2.75) is 20.3 Å². The van der Waals surface area contributed by atoms with E-state index in [2.05, 4.69) is 30.6 Å². The summed E-state index contributed by atoms with van der Waals surface area (Å²) < 4.78 is 0. The van der Waals surface area contributed by atoms with Crippen LogP contribution in [0.2, 0.25) is 0 Å². The molecule has 2 heterocycles. The number of pyridine rings is 1. The SMILES string of the molecule is CCc1nc(C)nc(Nc2ccc(C(=O)Nc3ccccc3)cn2)n1. The van der Waals surface area contributed by atoms with Crippen molar-refractivity contribution in [2.75, 3.05) is 10.6 Å². The van der Waals surface area contributed by atoms with Crippen molar-refractivity contribution >= 4 is 23.4 Å². The van der Waals surface area contributed by atoms with Crippen LogP contribution in [0.4, 0.5) is 17.5 Å². The topological polar surface area (TPSA) is 92.7 Å². The molecule has 0 saturated heterocycles. The molecule has 3 aromatic rings. The van der Waals surface area contributed by atoms with Gasteiger partial charge in [0, 0.05) is 18.3 Å². The number of rotatable bonds is 5. The Labute approximate surface area is 145 Å². The standard InChI is InChI=1S/C18H18N6O/c1-3-15-20-12(2)21-18(23-15)24-16-10-9-13(11-19-16)17(25)22-14-7-5-4-6-8-14/h4-11H,3H2,1-2H3,(H,22,25)(H,19,20,21,23,24). The highest BCUT2D eigenvalue weighted by Crippen LogP contribution is 2.13. The summed E-state index contributed by atoms with van der Waals surface area (Å²) in [7, 11) is 0. The van der Waals surface area contributed by atoms with Gasteiger partial charge in [0.2, 0.25) is 5.95 Å². The van der Waals surface area contributed by atoms with Crippen LogP contribution in [0.3, 0.4) is 0 Å². The lowest BCUT2D eigenvalue weighted by atomic mass is 10.2. The fourth-order valence-corrected chi connectivity index (χ4v) is 2.19. The molecule has 0 unspecified atom stereocenters. The number of anilines is 3. The fourth-order valence-electron chi connectivity index (χ4n) is 2.19. The molecule has 1 aromatic carbocycles. The van der Waals surface area contributed by atoms with Crippen LogP contribution in [0.25, 0.3) is 0 Å². The molecule has 25 heavy (non-hydrogen) atoms. The molecule has 0 atom stereocenters. The Morgan fingerprint density at radius 3 is 2.52 bits per heavy atom. The second-order valence-corrected chi connectivity index (χ2v) is 5.35. The molecule has 0 aliphatic heterocycles. The molecule has 7 nitrogen and oxygen atoms in total. The lowest BCUT2D eigenvalue weighted by molar-refractivity contribution is 0.102. The lowest BCUT2D eigenvalue weighted by Crippen LogP contribution is -2.12. The van der Waals surface area contributed by atoms with E-state index < -0.39 is 0 Å².